The van der Waals surface area contributed by atoms with Gasteiger partial charge in [0.25, 0.3) is 0 Å². The summed E-state index contributed by atoms with van der Waals surface area (Å²) >= 11 is 0. The molecule has 0 aromatic heterocycles. The second kappa shape index (κ2) is 2.64. The third-order valence-electron chi connectivity index (χ3n) is 1.92. The van der Waals surface area contributed by atoms with E-state index < -0.39 is 0 Å². The molecule has 0 unspecified atom stereocenters. The zero-order valence-electron chi connectivity index (χ0n) is 5.68. The van der Waals surface area contributed by atoms with Crippen LogP contribution in [0.25, 0.3) is 0 Å². The quantitative estimate of drug-likeness (QED) is 0.424. The van der Waals surface area contributed by atoms with Crippen LogP contribution < -0.4 is 5.73 Å². The van der Waals surface area contributed by atoms with E-state index in [4.69, 9.17) is 5.73 Å². The van der Waals surface area contributed by atoms with E-state index in [1.165, 1.54) is 0 Å². The topological polar surface area (TPSA) is 49.1 Å². The van der Waals surface area contributed by atoms with Gasteiger partial charge in [0.15, 0.2) is 0 Å². The van der Waals surface area contributed by atoms with Crippen molar-refractivity contribution in [2.24, 2.45) is 5.73 Å². The van der Waals surface area contributed by atoms with Gasteiger partial charge in [-0.15, -0.1) is 0 Å². The summed E-state index contributed by atoms with van der Waals surface area (Å²) in [4.78, 5) is 0. The highest BCUT2D eigenvalue weighted by molar-refractivity contribution is 4.54. The van der Waals surface area contributed by atoms with E-state index in [1.807, 2.05) is 0 Å². The van der Waals surface area contributed by atoms with Gasteiger partial charge >= 0.3 is 0 Å². The van der Waals surface area contributed by atoms with Gasteiger partial charge in [-0.05, 0) is 0 Å². The molecule has 54 valence electrons. The average molecular weight is 130 g/mol. The molecule has 1 aliphatic rings. The molecule has 0 aromatic carbocycles. The predicted molar refractivity (Wildman–Crippen MR) is 36.5 cm³/mol. The SMILES string of the molecule is NCC[N+]1([O-])CCCC1. The third-order valence-corrected chi connectivity index (χ3v) is 1.92. The van der Waals surface area contributed by atoms with Gasteiger partial charge in [-0.3, -0.25) is 0 Å². The van der Waals surface area contributed by atoms with Crippen molar-refractivity contribution in [3.05, 3.63) is 5.21 Å². The minimum atomic E-state index is -0.0312. The normalized spacial score (nSPS) is 24.7. The number of hydroxylamine groups is 3. The van der Waals surface area contributed by atoms with E-state index in [9.17, 15) is 5.21 Å². The van der Waals surface area contributed by atoms with Crippen LogP contribution in [0.4, 0.5) is 0 Å². The van der Waals surface area contributed by atoms with Crippen LogP contribution in [0.2, 0.25) is 0 Å². The predicted octanol–water partition coefficient (Wildman–Crippen LogP) is 0.0535. The largest absolute Gasteiger partial charge is 0.633 e. The molecule has 0 spiro atoms. The van der Waals surface area contributed by atoms with Crippen molar-refractivity contribution in [1.82, 2.24) is 0 Å². The maximum Gasteiger partial charge on any atom is 0.0908 e. The summed E-state index contributed by atoms with van der Waals surface area (Å²) in [6.07, 6.45) is 2.17. The molecule has 2 N–H and O–H groups in total. The van der Waals surface area contributed by atoms with Crippen LogP contribution in [0.3, 0.4) is 0 Å². The summed E-state index contributed by atoms with van der Waals surface area (Å²) in [7, 11) is 0. The first-order valence-corrected chi connectivity index (χ1v) is 3.54. The summed E-state index contributed by atoms with van der Waals surface area (Å²) in [6.45, 7) is 2.72. The fourth-order valence-corrected chi connectivity index (χ4v) is 1.37. The van der Waals surface area contributed by atoms with Crippen LogP contribution in [0.15, 0.2) is 0 Å². The van der Waals surface area contributed by atoms with E-state index in [2.05, 4.69) is 0 Å². The maximum atomic E-state index is 11.4. The Morgan fingerprint density at radius 1 is 1.33 bits per heavy atom. The Morgan fingerprint density at radius 3 is 2.33 bits per heavy atom. The molecule has 0 saturated carbocycles. The highest BCUT2D eigenvalue weighted by atomic mass is 16.5. The molecule has 0 bridgehead atoms. The summed E-state index contributed by atoms with van der Waals surface area (Å²) in [5.74, 6) is 0. The number of rotatable bonds is 2. The Kier molecular flexibility index (Phi) is 2.05. The Hall–Kier alpha value is -0.120. The van der Waals surface area contributed by atoms with Crippen LogP contribution in [-0.4, -0.2) is 30.8 Å². The fraction of sp³-hybridized carbons (Fsp3) is 1.00. The van der Waals surface area contributed by atoms with E-state index in [-0.39, 0.29) is 4.65 Å². The van der Waals surface area contributed by atoms with Gasteiger partial charge < -0.3 is 15.6 Å². The number of nitrogens with zero attached hydrogens (tertiary/aromatic N) is 1. The lowest BCUT2D eigenvalue weighted by molar-refractivity contribution is -0.866. The molecule has 0 aromatic rings. The van der Waals surface area contributed by atoms with Crippen LogP contribution in [0.1, 0.15) is 12.8 Å². The molecule has 3 heteroatoms. The molecule has 0 radical (unpaired) electrons. The second-order valence-electron chi connectivity index (χ2n) is 2.72. The Morgan fingerprint density at radius 2 is 1.89 bits per heavy atom. The zero-order chi connectivity index (χ0) is 6.74. The number of nitrogens with two attached hydrogens (primary N) is 1. The lowest BCUT2D eigenvalue weighted by Crippen LogP contribution is -2.42. The van der Waals surface area contributed by atoms with Gasteiger partial charge in [0.1, 0.15) is 0 Å². The van der Waals surface area contributed by atoms with Gasteiger partial charge in [0.2, 0.25) is 0 Å². The molecule has 1 rings (SSSR count). The minimum absolute atomic E-state index is 0.0312. The lowest BCUT2D eigenvalue weighted by Gasteiger charge is -2.37. The van der Waals surface area contributed by atoms with Gasteiger partial charge in [-0.25, -0.2) is 0 Å². The number of likely N-dealkylation sites (tertiary alicyclic amines) is 1. The molecular formula is C6H14N2O. The van der Waals surface area contributed by atoms with Crippen molar-refractivity contribution in [1.29, 1.82) is 0 Å². The Balaban J connectivity index is 2.32. The van der Waals surface area contributed by atoms with Gasteiger partial charge in [0, 0.05) is 19.4 Å². The average Bonchev–Trinajstić information content (AvgIpc) is 2.16. The molecule has 1 heterocycles. The van der Waals surface area contributed by atoms with E-state index in [0.29, 0.717) is 13.1 Å². The van der Waals surface area contributed by atoms with Crippen LogP contribution in [0.5, 0.6) is 0 Å². The monoisotopic (exact) mass is 130 g/mol. The van der Waals surface area contributed by atoms with Crippen LogP contribution in [0, 0.1) is 5.21 Å². The second-order valence-corrected chi connectivity index (χ2v) is 2.72. The number of hydrogen-bond acceptors (Lipinski definition) is 2. The summed E-state index contributed by atoms with van der Waals surface area (Å²) < 4.78 is -0.0312. The molecule has 0 atom stereocenters. The number of quaternary nitrogens is 1. The first kappa shape index (κ1) is 6.99. The fourth-order valence-electron chi connectivity index (χ4n) is 1.37. The van der Waals surface area contributed by atoms with Crippen molar-refractivity contribution in [2.45, 2.75) is 12.8 Å². The zero-order valence-corrected chi connectivity index (χ0v) is 5.68. The minimum Gasteiger partial charge on any atom is -0.633 e. The van der Waals surface area contributed by atoms with Crippen LogP contribution >= 0.6 is 0 Å². The molecule has 0 aliphatic carbocycles. The standard InChI is InChI=1S/C6H14N2O/c7-3-6-8(9)4-1-2-5-8/h1-7H2. The molecular weight excluding hydrogens is 116 g/mol. The first-order chi connectivity index (χ1) is 4.27. The molecule has 0 amide bonds. The molecule has 1 fully saturated rings. The Labute approximate surface area is 55.6 Å². The van der Waals surface area contributed by atoms with E-state index in [1.54, 1.807) is 0 Å². The summed E-state index contributed by atoms with van der Waals surface area (Å²) in [6, 6.07) is 0. The van der Waals surface area contributed by atoms with Gasteiger partial charge in [-0.2, -0.15) is 0 Å². The highest BCUT2D eigenvalue weighted by Crippen LogP contribution is 2.15. The van der Waals surface area contributed by atoms with E-state index >= 15 is 0 Å². The van der Waals surface area contributed by atoms with Crippen LogP contribution in [-0.2, 0) is 0 Å². The van der Waals surface area contributed by atoms with Gasteiger partial charge in [-0.1, -0.05) is 0 Å². The smallest absolute Gasteiger partial charge is 0.0908 e. The van der Waals surface area contributed by atoms with Crippen molar-refractivity contribution in [2.75, 3.05) is 26.2 Å². The van der Waals surface area contributed by atoms with Crippen molar-refractivity contribution in [3.8, 4) is 0 Å². The molecule has 1 aliphatic heterocycles. The molecule has 9 heavy (non-hydrogen) atoms. The van der Waals surface area contributed by atoms with Gasteiger partial charge in [0.05, 0.1) is 19.6 Å². The van der Waals surface area contributed by atoms with Crippen molar-refractivity contribution >= 4 is 0 Å². The number of hydrogen-bond donors (Lipinski definition) is 1. The first-order valence-electron chi connectivity index (χ1n) is 3.54. The van der Waals surface area contributed by atoms with E-state index in [0.717, 1.165) is 25.9 Å². The lowest BCUT2D eigenvalue weighted by atomic mass is 10.4. The van der Waals surface area contributed by atoms with Crippen molar-refractivity contribution < 1.29 is 4.65 Å². The molecule has 1 saturated heterocycles. The summed E-state index contributed by atoms with van der Waals surface area (Å²) in [5.41, 5.74) is 5.28. The summed E-state index contributed by atoms with van der Waals surface area (Å²) in [5, 5.41) is 11.4. The third kappa shape index (κ3) is 1.64. The Bertz CT molecular complexity index is 89.1. The molecule has 3 nitrogen and oxygen atoms in total. The van der Waals surface area contributed by atoms with Crippen molar-refractivity contribution in [3.63, 3.8) is 0 Å². The highest BCUT2D eigenvalue weighted by Gasteiger charge is 2.20. The maximum absolute atomic E-state index is 11.4.